The Morgan fingerprint density at radius 1 is 1.19 bits per heavy atom. The molecule has 26 heavy (non-hydrogen) atoms. The van der Waals surface area contributed by atoms with E-state index in [1.165, 1.54) is 13.2 Å². The summed E-state index contributed by atoms with van der Waals surface area (Å²) in [5.74, 6) is -0.318. The van der Waals surface area contributed by atoms with Crippen LogP contribution in [0.5, 0.6) is 0 Å². The van der Waals surface area contributed by atoms with Gasteiger partial charge in [0.05, 0.1) is 17.6 Å². The third-order valence-corrected chi connectivity index (χ3v) is 4.51. The molecule has 0 spiro atoms. The van der Waals surface area contributed by atoms with Crippen LogP contribution in [0.4, 0.5) is 0 Å². The summed E-state index contributed by atoms with van der Waals surface area (Å²) in [7, 11) is -2.69. The number of hydrogen-bond acceptors (Lipinski definition) is 7. The number of aromatic amines is 1. The molecule has 0 aliphatic heterocycles. The van der Waals surface area contributed by atoms with Crippen molar-refractivity contribution in [3.8, 4) is 22.5 Å². The Labute approximate surface area is 148 Å². The predicted molar refractivity (Wildman–Crippen MR) is 90.9 cm³/mol. The number of amides is 1. The summed E-state index contributed by atoms with van der Waals surface area (Å²) in [5, 5.41) is 18.8. The van der Waals surface area contributed by atoms with Crippen molar-refractivity contribution >= 4 is 15.9 Å². The van der Waals surface area contributed by atoms with E-state index in [2.05, 4.69) is 30.9 Å². The highest BCUT2D eigenvalue weighted by Crippen LogP contribution is 2.34. The van der Waals surface area contributed by atoms with Crippen LogP contribution >= 0.6 is 0 Å². The second kappa shape index (κ2) is 7.00. The van der Waals surface area contributed by atoms with Crippen LogP contribution in [0.1, 0.15) is 10.4 Å². The highest BCUT2D eigenvalue weighted by atomic mass is 32.2. The number of carbonyl (C=O) groups excluding carboxylic acids is 1. The Balaban J connectivity index is 2.15. The highest BCUT2D eigenvalue weighted by molar-refractivity contribution is 7.89. The average Bonchev–Trinajstić information content (AvgIpc) is 3.15. The van der Waals surface area contributed by atoms with Gasteiger partial charge in [0.2, 0.25) is 15.8 Å². The number of sulfonamides is 1. The fraction of sp³-hybridized carbons (Fsp3) is 0.0667. The molecule has 0 aliphatic carbocycles. The minimum Gasteiger partial charge on any atom is -0.277 e. The van der Waals surface area contributed by atoms with Gasteiger partial charge in [0.1, 0.15) is 0 Å². The van der Waals surface area contributed by atoms with E-state index in [9.17, 15) is 13.2 Å². The van der Waals surface area contributed by atoms with Crippen LogP contribution in [-0.4, -0.2) is 42.1 Å². The van der Waals surface area contributed by atoms with Gasteiger partial charge in [0, 0.05) is 5.56 Å². The van der Waals surface area contributed by atoms with Crippen molar-refractivity contribution in [3.05, 3.63) is 48.0 Å². The monoisotopic (exact) mass is 374 g/mol. The molecule has 2 aromatic carbocycles. The van der Waals surface area contributed by atoms with Gasteiger partial charge in [-0.25, -0.2) is 19.0 Å². The Hall–Kier alpha value is -3.15. The number of tetrazole rings is 1. The van der Waals surface area contributed by atoms with Gasteiger partial charge in [0.15, 0.2) is 0 Å². The van der Waals surface area contributed by atoms with E-state index >= 15 is 0 Å². The molecule has 3 aromatic rings. The van der Waals surface area contributed by atoms with Crippen LogP contribution in [0.2, 0.25) is 0 Å². The van der Waals surface area contributed by atoms with E-state index in [1.54, 1.807) is 36.4 Å². The van der Waals surface area contributed by atoms with E-state index in [1.807, 2.05) is 0 Å². The lowest BCUT2D eigenvalue weighted by molar-refractivity contribution is 0.0537. The van der Waals surface area contributed by atoms with E-state index in [-0.39, 0.29) is 16.3 Å². The third-order valence-electron chi connectivity index (χ3n) is 3.55. The summed E-state index contributed by atoms with van der Waals surface area (Å²) in [6.07, 6.45) is 0. The molecule has 1 heterocycles. The SMILES string of the molecule is CONC(=O)c1ccc(-c2cccc(S(N)(=O)=O)c2-c2nn[nH]n2)cc1. The van der Waals surface area contributed by atoms with E-state index < -0.39 is 15.9 Å². The second-order valence-corrected chi connectivity index (χ2v) is 6.70. The number of carbonyl (C=O) groups is 1. The van der Waals surface area contributed by atoms with Crippen molar-refractivity contribution in [2.75, 3.05) is 7.11 Å². The van der Waals surface area contributed by atoms with Gasteiger partial charge in [-0.1, -0.05) is 24.3 Å². The number of aromatic nitrogens is 4. The molecule has 0 saturated heterocycles. The Kier molecular flexibility index (Phi) is 4.75. The number of nitrogens with one attached hydrogen (secondary N) is 2. The molecular formula is C15H14N6O4S. The van der Waals surface area contributed by atoms with Crippen LogP contribution in [0, 0.1) is 0 Å². The van der Waals surface area contributed by atoms with Crippen molar-refractivity contribution in [2.24, 2.45) is 5.14 Å². The second-order valence-electron chi connectivity index (χ2n) is 5.17. The van der Waals surface area contributed by atoms with Crippen molar-refractivity contribution in [1.29, 1.82) is 0 Å². The third kappa shape index (κ3) is 3.44. The van der Waals surface area contributed by atoms with Gasteiger partial charge in [-0.05, 0) is 34.5 Å². The molecule has 1 aromatic heterocycles. The van der Waals surface area contributed by atoms with E-state index in [0.717, 1.165) is 0 Å². The maximum Gasteiger partial charge on any atom is 0.274 e. The first-order valence-electron chi connectivity index (χ1n) is 7.25. The maximum atomic E-state index is 12.0. The zero-order chi connectivity index (χ0) is 18.7. The molecule has 0 aliphatic rings. The van der Waals surface area contributed by atoms with Crippen molar-refractivity contribution in [1.82, 2.24) is 26.1 Å². The Bertz CT molecular complexity index is 1030. The average molecular weight is 374 g/mol. The molecule has 0 fully saturated rings. The standard InChI is InChI=1S/C15H14N6O4S/c1-25-19-15(22)10-7-5-9(6-8-10)11-3-2-4-12(26(16,23)24)13(11)14-17-20-21-18-14/h2-8H,1H3,(H,19,22)(H2,16,23,24)(H,17,18,20,21). The topological polar surface area (TPSA) is 153 Å². The van der Waals surface area contributed by atoms with Gasteiger partial charge >= 0.3 is 0 Å². The normalized spacial score (nSPS) is 11.3. The fourth-order valence-corrected chi connectivity index (χ4v) is 3.21. The molecule has 4 N–H and O–H groups in total. The van der Waals surface area contributed by atoms with Gasteiger partial charge in [-0.3, -0.25) is 9.63 Å². The zero-order valence-corrected chi connectivity index (χ0v) is 14.3. The lowest BCUT2D eigenvalue weighted by Crippen LogP contribution is -2.21. The Morgan fingerprint density at radius 2 is 1.92 bits per heavy atom. The first-order chi connectivity index (χ1) is 12.4. The maximum absolute atomic E-state index is 12.0. The number of hydrogen-bond donors (Lipinski definition) is 3. The number of H-pyrrole nitrogens is 1. The van der Waals surface area contributed by atoms with Crippen molar-refractivity contribution < 1.29 is 18.0 Å². The summed E-state index contributed by atoms with van der Waals surface area (Å²) >= 11 is 0. The molecule has 0 atom stereocenters. The number of benzene rings is 2. The largest absolute Gasteiger partial charge is 0.277 e. The van der Waals surface area contributed by atoms with Crippen molar-refractivity contribution in [3.63, 3.8) is 0 Å². The Morgan fingerprint density at radius 3 is 2.50 bits per heavy atom. The van der Waals surface area contributed by atoms with Gasteiger partial charge in [0.25, 0.3) is 5.91 Å². The number of rotatable bonds is 5. The van der Waals surface area contributed by atoms with Crippen LogP contribution in [0.25, 0.3) is 22.5 Å². The first-order valence-corrected chi connectivity index (χ1v) is 8.80. The molecule has 134 valence electrons. The minimum absolute atomic E-state index is 0.0887. The summed E-state index contributed by atoms with van der Waals surface area (Å²) in [6.45, 7) is 0. The first kappa shape index (κ1) is 17.7. The molecule has 0 bridgehead atoms. The number of nitrogens with two attached hydrogens (primary N) is 1. The highest BCUT2D eigenvalue weighted by Gasteiger charge is 2.22. The molecule has 10 nitrogen and oxygen atoms in total. The van der Waals surface area contributed by atoms with Crippen LogP contribution < -0.4 is 10.6 Å². The van der Waals surface area contributed by atoms with Gasteiger partial charge in [-0.2, -0.15) is 5.21 Å². The molecule has 3 rings (SSSR count). The van der Waals surface area contributed by atoms with Crippen LogP contribution in [0.3, 0.4) is 0 Å². The quantitative estimate of drug-likeness (QED) is 0.549. The lowest BCUT2D eigenvalue weighted by Gasteiger charge is -2.11. The van der Waals surface area contributed by atoms with Crippen molar-refractivity contribution in [2.45, 2.75) is 4.90 Å². The fourth-order valence-electron chi connectivity index (χ4n) is 2.46. The van der Waals surface area contributed by atoms with Gasteiger partial charge in [-0.15, -0.1) is 10.2 Å². The molecule has 11 heteroatoms. The lowest BCUT2D eigenvalue weighted by atomic mass is 9.98. The summed E-state index contributed by atoms with van der Waals surface area (Å²) < 4.78 is 23.9. The summed E-state index contributed by atoms with van der Waals surface area (Å²) in [5.41, 5.74) is 3.98. The number of hydroxylamine groups is 1. The molecular weight excluding hydrogens is 360 g/mol. The smallest absolute Gasteiger partial charge is 0.274 e. The molecule has 0 saturated carbocycles. The minimum atomic E-state index is -4.02. The summed E-state index contributed by atoms with van der Waals surface area (Å²) in [4.78, 5) is 16.2. The summed E-state index contributed by atoms with van der Waals surface area (Å²) in [6, 6.07) is 11.1. The predicted octanol–water partition coefficient (Wildman–Crippen LogP) is 0.472. The number of primary sulfonamides is 1. The molecule has 1 amide bonds. The zero-order valence-electron chi connectivity index (χ0n) is 13.5. The van der Waals surface area contributed by atoms with E-state index in [0.29, 0.717) is 16.7 Å². The number of nitrogens with zero attached hydrogens (tertiary/aromatic N) is 3. The molecule has 0 radical (unpaired) electrons. The molecule has 0 unspecified atom stereocenters. The van der Waals surface area contributed by atoms with Crippen LogP contribution in [0.15, 0.2) is 47.4 Å². The van der Waals surface area contributed by atoms with E-state index in [4.69, 9.17) is 5.14 Å². The van der Waals surface area contributed by atoms with Gasteiger partial charge < -0.3 is 0 Å². The van der Waals surface area contributed by atoms with Crippen LogP contribution in [-0.2, 0) is 14.9 Å².